The quantitative estimate of drug-likeness (QED) is 0.806. The molecule has 0 unspecified atom stereocenters. The van der Waals surface area contributed by atoms with Crippen LogP contribution in [0.5, 0.6) is 0 Å². The third kappa shape index (κ3) is 1.89. The molecule has 88 valence electrons. The molecule has 1 aliphatic rings. The zero-order valence-corrected chi connectivity index (χ0v) is 10.6. The van der Waals surface area contributed by atoms with E-state index in [1.54, 1.807) is 0 Å². The Kier molecular flexibility index (Phi) is 3.34. The number of benzene rings is 1. The summed E-state index contributed by atoms with van der Waals surface area (Å²) < 4.78 is 0. The highest BCUT2D eigenvalue weighted by Crippen LogP contribution is 2.41. The summed E-state index contributed by atoms with van der Waals surface area (Å²) >= 11 is 0. The van der Waals surface area contributed by atoms with E-state index in [4.69, 9.17) is 5.73 Å². The predicted octanol–water partition coefficient (Wildman–Crippen LogP) is 3.46. The summed E-state index contributed by atoms with van der Waals surface area (Å²) in [7, 11) is 0. The lowest BCUT2D eigenvalue weighted by molar-refractivity contribution is 0.298. The molecule has 0 bridgehead atoms. The van der Waals surface area contributed by atoms with Gasteiger partial charge < -0.3 is 5.73 Å². The molecule has 0 saturated heterocycles. The average Bonchev–Trinajstić information content (AvgIpc) is 2.30. The maximum atomic E-state index is 6.11. The third-order valence-electron chi connectivity index (χ3n) is 4.21. The van der Waals surface area contributed by atoms with Gasteiger partial charge in [0.2, 0.25) is 0 Å². The summed E-state index contributed by atoms with van der Waals surface area (Å²) in [5.74, 6) is 0. The third-order valence-corrected chi connectivity index (χ3v) is 4.21. The summed E-state index contributed by atoms with van der Waals surface area (Å²) in [6.45, 7) is 5.27. The molecule has 0 amide bonds. The first-order valence-electron chi connectivity index (χ1n) is 6.46. The van der Waals surface area contributed by atoms with E-state index in [1.807, 2.05) is 0 Å². The molecule has 0 radical (unpaired) electrons. The molecule has 2 rings (SSSR count). The largest absolute Gasteiger partial charge is 0.330 e. The van der Waals surface area contributed by atoms with E-state index in [9.17, 15) is 0 Å². The molecule has 0 atom stereocenters. The second-order valence-corrected chi connectivity index (χ2v) is 5.31. The SMILES string of the molecule is Cc1cccc(C)c1C1(CN)CCCCC1. The van der Waals surface area contributed by atoms with Gasteiger partial charge in [0.25, 0.3) is 0 Å². The monoisotopic (exact) mass is 217 g/mol. The van der Waals surface area contributed by atoms with Crippen molar-refractivity contribution >= 4 is 0 Å². The Morgan fingerprint density at radius 2 is 1.62 bits per heavy atom. The molecule has 0 aromatic heterocycles. The highest BCUT2D eigenvalue weighted by molar-refractivity contribution is 5.40. The minimum atomic E-state index is 0.272. The molecule has 1 aliphatic carbocycles. The van der Waals surface area contributed by atoms with Crippen molar-refractivity contribution in [3.05, 3.63) is 34.9 Å². The first-order chi connectivity index (χ1) is 7.69. The molecule has 0 aliphatic heterocycles. The topological polar surface area (TPSA) is 26.0 Å². The Morgan fingerprint density at radius 3 is 2.12 bits per heavy atom. The fourth-order valence-corrected chi connectivity index (χ4v) is 3.44. The molecular weight excluding hydrogens is 194 g/mol. The number of nitrogens with two attached hydrogens (primary N) is 1. The van der Waals surface area contributed by atoms with E-state index < -0.39 is 0 Å². The average molecular weight is 217 g/mol. The van der Waals surface area contributed by atoms with Crippen LogP contribution >= 0.6 is 0 Å². The first-order valence-corrected chi connectivity index (χ1v) is 6.46. The zero-order chi connectivity index (χ0) is 11.6. The maximum Gasteiger partial charge on any atom is 0.00808 e. The molecule has 1 heteroatoms. The first kappa shape index (κ1) is 11.7. The standard InChI is InChI=1S/C15H23N/c1-12-7-6-8-13(2)14(12)15(11-16)9-4-3-5-10-15/h6-8H,3-5,9-11,16H2,1-2H3. The Bertz CT molecular complexity index is 341. The van der Waals surface area contributed by atoms with Gasteiger partial charge >= 0.3 is 0 Å². The molecule has 1 saturated carbocycles. The van der Waals surface area contributed by atoms with Crippen LogP contribution in [-0.4, -0.2) is 6.54 Å². The number of rotatable bonds is 2. The van der Waals surface area contributed by atoms with E-state index in [0.29, 0.717) is 0 Å². The summed E-state index contributed by atoms with van der Waals surface area (Å²) in [6.07, 6.45) is 6.60. The highest BCUT2D eigenvalue weighted by Gasteiger charge is 2.34. The van der Waals surface area contributed by atoms with E-state index in [1.165, 1.54) is 48.8 Å². The summed E-state index contributed by atoms with van der Waals surface area (Å²) in [5, 5.41) is 0. The zero-order valence-electron chi connectivity index (χ0n) is 10.6. The molecule has 1 fully saturated rings. The maximum absolute atomic E-state index is 6.11. The molecular formula is C15H23N. The van der Waals surface area contributed by atoms with Gasteiger partial charge in [-0.2, -0.15) is 0 Å². The van der Waals surface area contributed by atoms with Crippen molar-refractivity contribution in [2.24, 2.45) is 5.73 Å². The molecule has 1 nitrogen and oxygen atoms in total. The lowest BCUT2D eigenvalue weighted by atomic mass is 9.67. The number of hydrogen-bond acceptors (Lipinski definition) is 1. The number of aryl methyl sites for hydroxylation is 2. The van der Waals surface area contributed by atoms with Gasteiger partial charge in [-0.3, -0.25) is 0 Å². The van der Waals surface area contributed by atoms with Crippen LogP contribution in [0.2, 0.25) is 0 Å². The van der Waals surface area contributed by atoms with E-state index in [-0.39, 0.29) is 5.41 Å². The fourth-order valence-electron chi connectivity index (χ4n) is 3.44. The van der Waals surface area contributed by atoms with Crippen molar-refractivity contribution in [1.82, 2.24) is 0 Å². The molecule has 16 heavy (non-hydrogen) atoms. The van der Waals surface area contributed by atoms with Gasteiger partial charge in [0.1, 0.15) is 0 Å². The van der Waals surface area contributed by atoms with Crippen molar-refractivity contribution in [3.63, 3.8) is 0 Å². The van der Waals surface area contributed by atoms with E-state index in [0.717, 1.165) is 6.54 Å². The van der Waals surface area contributed by atoms with E-state index >= 15 is 0 Å². The van der Waals surface area contributed by atoms with Crippen molar-refractivity contribution < 1.29 is 0 Å². The van der Waals surface area contributed by atoms with Gasteiger partial charge in [-0.05, 0) is 43.4 Å². The van der Waals surface area contributed by atoms with Crippen molar-refractivity contribution in [2.45, 2.75) is 51.4 Å². The van der Waals surface area contributed by atoms with Crippen molar-refractivity contribution in [2.75, 3.05) is 6.54 Å². The molecule has 0 spiro atoms. The number of hydrogen-bond donors (Lipinski definition) is 1. The lowest BCUT2D eigenvalue weighted by Gasteiger charge is -2.39. The van der Waals surface area contributed by atoms with Crippen LogP contribution in [0, 0.1) is 13.8 Å². The Balaban J connectivity index is 2.46. The van der Waals surface area contributed by atoms with Crippen LogP contribution in [0.25, 0.3) is 0 Å². The fraction of sp³-hybridized carbons (Fsp3) is 0.600. The smallest absolute Gasteiger partial charge is 0.00808 e. The molecule has 2 N–H and O–H groups in total. The van der Waals surface area contributed by atoms with Crippen LogP contribution in [0.1, 0.15) is 48.8 Å². The van der Waals surface area contributed by atoms with Gasteiger partial charge in [0.05, 0.1) is 0 Å². The van der Waals surface area contributed by atoms with Crippen molar-refractivity contribution in [1.29, 1.82) is 0 Å². The minimum absolute atomic E-state index is 0.272. The van der Waals surface area contributed by atoms with Crippen molar-refractivity contribution in [3.8, 4) is 0 Å². The van der Waals surface area contributed by atoms with Crippen LogP contribution in [0.4, 0.5) is 0 Å². The van der Waals surface area contributed by atoms with E-state index in [2.05, 4.69) is 32.0 Å². The van der Waals surface area contributed by atoms with Gasteiger partial charge in [0, 0.05) is 12.0 Å². The van der Waals surface area contributed by atoms with Crippen LogP contribution in [0.15, 0.2) is 18.2 Å². The van der Waals surface area contributed by atoms with Crippen LogP contribution in [0.3, 0.4) is 0 Å². The van der Waals surface area contributed by atoms with Gasteiger partial charge in [-0.15, -0.1) is 0 Å². The summed E-state index contributed by atoms with van der Waals surface area (Å²) in [5.41, 5.74) is 10.8. The lowest BCUT2D eigenvalue weighted by Crippen LogP contribution is -2.38. The second kappa shape index (κ2) is 4.58. The Labute approximate surface area is 99.0 Å². The highest BCUT2D eigenvalue weighted by atomic mass is 14.6. The normalized spacial score (nSPS) is 19.7. The molecule has 1 aromatic rings. The van der Waals surface area contributed by atoms with Gasteiger partial charge in [-0.1, -0.05) is 37.5 Å². The summed E-state index contributed by atoms with van der Waals surface area (Å²) in [4.78, 5) is 0. The van der Waals surface area contributed by atoms with Crippen LogP contribution < -0.4 is 5.73 Å². The Morgan fingerprint density at radius 1 is 1.06 bits per heavy atom. The minimum Gasteiger partial charge on any atom is -0.330 e. The van der Waals surface area contributed by atoms with Crippen LogP contribution in [-0.2, 0) is 5.41 Å². The molecule has 0 heterocycles. The summed E-state index contributed by atoms with van der Waals surface area (Å²) in [6, 6.07) is 6.61. The van der Waals surface area contributed by atoms with Gasteiger partial charge in [0.15, 0.2) is 0 Å². The molecule has 1 aromatic carbocycles. The Hall–Kier alpha value is -0.820. The predicted molar refractivity (Wildman–Crippen MR) is 69.7 cm³/mol. The second-order valence-electron chi connectivity index (χ2n) is 5.31. The van der Waals surface area contributed by atoms with Gasteiger partial charge in [-0.25, -0.2) is 0 Å².